The minimum Gasteiger partial charge on any atom is -0.480 e. The minimum atomic E-state index is -1.54. The number of hydrogen-bond donors (Lipinski definition) is 3. The number of nitrogens with zero attached hydrogens (tertiary/aromatic N) is 1. The van der Waals surface area contributed by atoms with Crippen molar-refractivity contribution < 1.29 is 24.6 Å². The molecule has 2 rings (SSSR count). The van der Waals surface area contributed by atoms with E-state index in [-0.39, 0.29) is 24.1 Å². The van der Waals surface area contributed by atoms with Crippen LogP contribution in [0.1, 0.15) is 39.7 Å². The zero-order valence-electron chi connectivity index (χ0n) is 17.3. The van der Waals surface area contributed by atoms with Crippen LogP contribution >= 0.6 is 11.8 Å². The van der Waals surface area contributed by atoms with Crippen molar-refractivity contribution in [2.75, 3.05) is 5.88 Å². The number of benzene rings is 1. The lowest BCUT2D eigenvalue weighted by molar-refractivity contribution is -0.154. The molecule has 2 amide bonds. The molecule has 29 heavy (non-hydrogen) atoms. The summed E-state index contributed by atoms with van der Waals surface area (Å²) in [5.41, 5.74) is 0.861. The fourth-order valence-electron chi connectivity index (χ4n) is 3.35. The summed E-state index contributed by atoms with van der Waals surface area (Å²) in [6, 6.07) is 7.36. The molecule has 0 aliphatic carbocycles. The van der Waals surface area contributed by atoms with E-state index >= 15 is 0 Å². The van der Waals surface area contributed by atoms with Gasteiger partial charge in [0, 0.05) is 10.7 Å². The lowest BCUT2D eigenvalue weighted by Gasteiger charge is -2.32. The van der Waals surface area contributed by atoms with Crippen LogP contribution in [0.2, 0.25) is 0 Å². The van der Waals surface area contributed by atoms with E-state index in [1.165, 1.54) is 16.7 Å². The minimum absolute atomic E-state index is 0.178. The molecule has 0 bridgehead atoms. The number of nitrogens with one attached hydrogen (secondary N) is 1. The molecule has 1 heterocycles. The third-order valence-corrected chi connectivity index (χ3v) is 6.76. The van der Waals surface area contributed by atoms with Gasteiger partial charge >= 0.3 is 5.97 Å². The average molecular weight is 423 g/mol. The Morgan fingerprint density at radius 1 is 1.28 bits per heavy atom. The monoisotopic (exact) mass is 422 g/mol. The molecule has 4 atom stereocenters. The molecule has 0 radical (unpaired) electrons. The number of rotatable bonds is 8. The van der Waals surface area contributed by atoms with Crippen molar-refractivity contribution in [1.29, 1.82) is 0 Å². The van der Waals surface area contributed by atoms with Crippen molar-refractivity contribution in [1.82, 2.24) is 10.2 Å². The number of thioether (sulfide) groups is 1. The molecule has 7 nitrogen and oxygen atoms in total. The first-order valence-electron chi connectivity index (χ1n) is 9.78. The number of carboxylic acids is 1. The summed E-state index contributed by atoms with van der Waals surface area (Å²) >= 11 is 1.35. The molecule has 1 aromatic rings. The van der Waals surface area contributed by atoms with Gasteiger partial charge in [-0.25, -0.2) is 4.79 Å². The van der Waals surface area contributed by atoms with Gasteiger partial charge in [-0.1, -0.05) is 44.2 Å². The van der Waals surface area contributed by atoms with Crippen molar-refractivity contribution in [2.45, 2.75) is 63.5 Å². The highest BCUT2D eigenvalue weighted by Gasteiger charge is 2.50. The van der Waals surface area contributed by atoms with E-state index in [1.54, 1.807) is 20.8 Å². The van der Waals surface area contributed by atoms with Crippen molar-refractivity contribution in [2.24, 2.45) is 5.92 Å². The Morgan fingerprint density at radius 2 is 1.90 bits per heavy atom. The predicted octanol–water partition coefficient (Wildman–Crippen LogP) is 1.89. The number of carbonyl (C=O) groups excluding carboxylic acids is 2. The first-order chi connectivity index (χ1) is 13.6. The summed E-state index contributed by atoms with van der Waals surface area (Å²) in [6.07, 6.45) is -0.649. The van der Waals surface area contributed by atoms with Crippen LogP contribution in [0.4, 0.5) is 0 Å². The van der Waals surface area contributed by atoms with E-state index in [4.69, 9.17) is 0 Å². The molecule has 3 N–H and O–H groups in total. The molecule has 1 aromatic carbocycles. The maximum Gasteiger partial charge on any atom is 0.327 e. The first kappa shape index (κ1) is 23.2. The van der Waals surface area contributed by atoms with Crippen molar-refractivity contribution in [3.8, 4) is 0 Å². The Bertz CT molecular complexity index is 740. The van der Waals surface area contributed by atoms with Gasteiger partial charge < -0.3 is 20.4 Å². The summed E-state index contributed by atoms with van der Waals surface area (Å²) in [4.78, 5) is 38.5. The third kappa shape index (κ3) is 5.51. The molecule has 1 fully saturated rings. The SMILES string of the molecule is CC[C@H](C)C(=O)N[C@@H](Cc1ccccc1)[C@H](O)C(=O)N1CSC(C)(C)C1C(=O)O. The van der Waals surface area contributed by atoms with Crippen molar-refractivity contribution in [3.63, 3.8) is 0 Å². The third-order valence-electron chi connectivity index (χ3n) is 5.38. The van der Waals surface area contributed by atoms with Gasteiger partial charge in [0.15, 0.2) is 6.10 Å². The second-order valence-electron chi connectivity index (χ2n) is 7.98. The van der Waals surface area contributed by atoms with Gasteiger partial charge in [-0.05, 0) is 32.3 Å². The summed E-state index contributed by atoms with van der Waals surface area (Å²) in [6.45, 7) is 7.20. The highest BCUT2D eigenvalue weighted by atomic mass is 32.2. The molecule has 1 unspecified atom stereocenters. The van der Waals surface area contributed by atoms with Gasteiger partial charge in [0.2, 0.25) is 5.91 Å². The molecular formula is C21H30N2O5S. The van der Waals surface area contributed by atoms with E-state index < -0.39 is 34.8 Å². The average Bonchev–Trinajstić information content (AvgIpc) is 3.01. The van der Waals surface area contributed by atoms with E-state index in [1.807, 2.05) is 37.3 Å². The first-order valence-corrected chi connectivity index (χ1v) is 10.8. The maximum atomic E-state index is 13.0. The van der Waals surface area contributed by atoms with Crippen LogP contribution in [0.5, 0.6) is 0 Å². The van der Waals surface area contributed by atoms with Crippen LogP contribution in [-0.2, 0) is 20.8 Å². The topological polar surface area (TPSA) is 107 Å². The normalized spacial score (nSPS) is 21.3. The lowest BCUT2D eigenvalue weighted by atomic mass is 9.97. The lowest BCUT2D eigenvalue weighted by Crippen LogP contribution is -2.57. The van der Waals surface area contributed by atoms with E-state index in [0.29, 0.717) is 6.42 Å². The maximum absolute atomic E-state index is 13.0. The number of hydrogen-bond acceptors (Lipinski definition) is 5. The summed E-state index contributed by atoms with van der Waals surface area (Å²) in [5.74, 6) is -2.11. The fourth-order valence-corrected chi connectivity index (χ4v) is 4.48. The Hall–Kier alpha value is -2.06. The number of aliphatic carboxylic acids is 1. The van der Waals surface area contributed by atoms with Gasteiger partial charge in [-0.3, -0.25) is 9.59 Å². The molecule has 0 saturated carbocycles. The number of aliphatic hydroxyl groups is 1. The van der Waals surface area contributed by atoms with Gasteiger partial charge in [0.05, 0.1) is 11.9 Å². The van der Waals surface area contributed by atoms with Crippen molar-refractivity contribution >= 4 is 29.5 Å². The van der Waals surface area contributed by atoms with Crippen LogP contribution in [0.3, 0.4) is 0 Å². The Balaban J connectivity index is 2.25. The van der Waals surface area contributed by atoms with Crippen LogP contribution in [0.25, 0.3) is 0 Å². The Morgan fingerprint density at radius 3 is 2.45 bits per heavy atom. The zero-order valence-corrected chi connectivity index (χ0v) is 18.1. The molecule has 160 valence electrons. The molecular weight excluding hydrogens is 392 g/mol. The quantitative estimate of drug-likeness (QED) is 0.591. The van der Waals surface area contributed by atoms with E-state index in [2.05, 4.69) is 5.32 Å². The highest BCUT2D eigenvalue weighted by molar-refractivity contribution is 8.00. The summed E-state index contributed by atoms with van der Waals surface area (Å²) < 4.78 is -0.671. The number of carbonyl (C=O) groups is 3. The number of amides is 2. The number of carboxylic acid groups (broad SMARTS) is 1. The van der Waals surface area contributed by atoms with Gasteiger partial charge in [-0.2, -0.15) is 0 Å². The van der Waals surface area contributed by atoms with Crippen LogP contribution in [-0.4, -0.2) is 61.7 Å². The molecule has 8 heteroatoms. The predicted molar refractivity (Wildman–Crippen MR) is 112 cm³/mol. The van der Waals surface area contributed by atoms with Gasteiger partial charge in [0.1, 0.15) is 6.04 Å². The zero-order chi connectivity index (χ0) is 21.8. The van der Waals surface area contributed by atoms with Gasteiger partial charge in [-0.15, -0.1) is 11.8 Å². The summed E-state index contributed by atoms with van der Waals surface area (Å²) in [5, 5.41) is 23.3. The second kappa shape index (κ2) is 9.63. The summed E-state index contributed by atoms with van der Waals surface area (Å²) in [7, 11) is 0. The van der Waals surface area contributed by atoms with Crippen LogP contribution in [0, 0.1) is 5.92 Å². The second-order valence-corrected chi connectivity index (χ2v) is 9.58. The highest BCUT2D eigenvalue weighted by Crippen LogP contribution is 2.39. The Labute approximate surface area is 175 Å². The van der Waals surface area contributed by atoms with E-state index in [0.717, 1.165) is 5.56 Å². The van der Waals surface area contributed by atoms with Gasteiger partial charge in [0.25, 0.3) is 5.91 Å². The van der Waals surface area contributed by atoms with E-state index in [9.17, 15) is 24.6 Å². The number of aliphatic hydroxyl groups excluding tert-OH is 1. The van der Waals surface area contributed by atoms with Crippen LogP contribution in [0.15, 0.2) is 30.3 Å². The van der Waals surface area contributed by atoms with Crippen molar-refractivity contribution in [3.05, 3.63) is 35.9 Å². The van der Waals surface area contributed by atoms with Crippen LogP contribution < -0.4 is 5.32 Å². The molecule has 1 aliphatic heterocycles. The smallest absolute Gasteiger partial charge is 0.327 e. The molecule has 0 spiro atoms. The Kier molecular flexibility index (Phi) is 7.71. The molecule has 1 saturated heterocycles. The molecule has 1 aliphatic rings. The standard InChI is InChI=1S/C21H30N2O5S/c1-5-13(2)18(25)22-15(11-14-9-7-6-8-10-14)16(24)19(26)23-12-29-21(3,4)17(23)20(27)28/h6-10,13,15-17,24H,5,11-12H2,1-4H3,(H,22,25)(H,27,28)/t13-,15-,16-,17?/m0/s1. The molecule has 0 aromatic heterocycles. The largest absolute Gasteiger partial charge is 0.480 e. The fraction of sp³-hybridized carbons (Fsp3) is 0.571.